The maximum absolute atomic E-state index is 12.6. The summed E-state index contributed by atoms with van der Waals surface area (Å²) in [6.45, 7) is 3.60. The fraction of sp³-hybridized carbons (Fsp3) is 0.158. The Morgan fingerprint density at radius 2 is 1.83 bits per heavy atom. The molecule has 0 fully saturated rings. The van der Waals surface area contributed by atoms with Gasteiger partial charge in [0.2, 0.25) is 0 Å². The molecule has 0 aromatic heterocycles. The van der Waals surface area contributed by atoms with E-state index in [1.807, 2.05) is 6.07 Å². The van der Waals surface area contributed by atoms with Gasteiger partial charge in [-0.1, -0.05) is 61.2 Å². The van der Waals surface area contributed by atoms with Gasteiger partial charge in [-0.05, 0) is 17.9 Å². The lowest BCUT2D eigenvalue weighted by molar-refractivity contribution is -0.145. The van der Waals surface area contributed by atoms with E-state index < -0.39 is 10.8 Å². The zero-order valence-electron chi connectivity index (χ0n) is 13.4. The van der Waals surface area contributed by atoms with E-state index in [2.05, 4.69) is 6.58 Å². The Kier molecular flexibility index (Phi) is 5.95. The molecule has 4 nitrogen and oxygen atoms in total. The van der Waals surface area contributed by atoms with E-state index in [0.717, 1.165) is 11.8 Å². The molecule has 0 radical (unpaired) electrons. The summed E-state index contributed by atoms with van der Waals surface area (Å²) in [4.78, 5) is 23.5. The summed E-state index contributed by atoms with van der Waals surface area (Å²) in [5.74, 6) is -0.695. The number of hydrogen-bond donors (Lipinski definition) is 1. The van der Waals surface area contributed by atoms with Gasteiger partial charge in [0.25, 0.3) is 0 Å². The van der Waals surface area contributed by atoms with Crippen molar-refractivity contribution in [3.8, 4) is 0 Å². The molecule has 0 aliphatic heterocycles. The molecule has 5 heteroatoms. The molecule has 1 unspecified atom stereocenters. The highest BCUT2D eigenvalue weighted by Gasteiger charge is 2.37. The van der Waals surface area contributed by atoms with Crippen LogP contribution in [0, 0.1) is 0 Å². The third-order valence-corrected chi connectivity index (χ3v) is 4.59. The van der Waals surface area contributed by atoms with Crippen LogP contribution in [0.15, 0.2) is 67.3 Å². The Labute approximate surface area is 145 Å². The lowest BCUT2D eigenvalue weighted by atomic mass is 9.98. The smallest absolute Gasteiger partial charge is 0.341 e. The average molecular weight is 341 g/mol. The Morgan fingerprint density at radius 1 is 1.17 bits per heavy atom. The third kappa shape index (κ3) is 3.75. The van der Waals surface area contributed by atoms with Crippen LogP contribution in [0.1, 0.15) is 21.5 Å². The van der Waals surface area contributed by atoms with Gasteiger partial charge in [0, 0.05) is 11.1 Å². The van der Waals surface area contributed by atoms with E-state index in [0.29, 0.717) is 16.7 Å². The number of hydrogen-bond acceptors (Lipinski definition) is 5. The summed E-state index contributed by atoms with van der Waals surface area (Å²) in [6, 6.07) is 15.7. The van der Waals surface area contributed by atoms with Gasteiger partial charge in [-0.3, -0.25) is 4.79 Å². The first-order valence-electron chi connectivity index (χ1n) is 7.35. The van der Waals surface area contributed by atoms with E-state index in [4.69, 9.17) is 10.5 Å². The van der Waals surface area contributed by atoms with Crippen molar-refractivity contribution < 1.29 is 14.3 Å². The number of carbonyl (C=O) groups is 2. The minimum absolute atomic E-state index is 0.0843. The summed E-state index contributed by atoms with van der Waals surface area (Å²) < 4.78 is 5.10. The van der Waals surface area contributed by atoms with Crippen LogP contribution in [0.3, 0.4) is 0 Å². The number of benzene rings is 2. The van der Waals surface area contributed by atoms with Crippen molar-refractivity contribution in [1.29, 1.82) is 0 Å². The quantitative estimate of drug-likeness (QED) is 0.363. The number of ketones is 1. The first kappa shape index (κ1) is 18.0. The first-order chi connectivity index (χ1) is 11.5. The Hall–Kier alpha value is -2.37. The first-order valence-corrected chi connectivity index (χ1v) is 8.58. The van der Waals surface area contributed by atoms with E-state index in [1.165, 1.54) is 6.08 Å². The van der Waals surface area contributed by atoms with Gasteiger partial charge < -0.3 is 10.5 Å². The molecular formula is C19H19NO3S. The van der Waals surface area contributed by atoms with Crippen molar-refractivity contribution in [3.05, 3.63) is 83.9 Å². The Morgan fingerprint density at radius 3 is 2.46 bits per heavy atom. The van der Waals surface area contributed by atoms with Crippen LogP contribution in [0.5, 0.6) is 0 Å². The molecule has 0 heterocycles. The molecule has 0 saturated carbocycles. The SMILES string of the molecule is C=CCOC(=O)C(N)(SC)c1cccc(C(=O)c2ccccc2)c1. The van der Waals surface area contributed by atoms with Crippen LogP contribution in [0.4, 0.5) is 0 Å². The van der Waals surface area contributed by atoms with Gasteiger partial charge in [0.15, 0.2) is 10.7 Å². The molecule has 2 N–H and O–H groups in total. The molecule has 2 aromatic rings. The minimum atomic E-state index is -1.38. The molecule has 0 bridgehead atoms. The van der Waals surface area contributed by atoms with E-state index in [-0.39, 0.29) is 12.4 Å². The minimum Gasteiger partial charge on any atom is -0.459 e. The van der Waals surface area contributed by atoms with Crippen molar-refractivity contribution >= 4 is 23.5 Å². The number of nitrogens with two attached hydrogens (primary N) is 1. The van der Waals surface area contributed by atoms with Gasteiger partial charge >= 0.3 is 5.97 Å². The second-order valence-electron chi connectivity index (χ2n) is 5.10. The topological polar surface area (TPSA) is 69.4 Å². The lowest BCUT2D eigenvalue weighted by Gasteiger charge is -2.25. The molecule has 0 amide bonds. The number of carbonyl (C=O) groups excluding carboxylic acids is 2. The van der Waals surface area contributed by atoms with Crippen molar-refractivity contribution in [2.45, 2.75) is 4.87 Å². The second kappa shape index (κ2) is 7.95. The van der Waals surface area contributed by atoms with Crippen LogP contribution in [0.2, 0.25) is 0 Å². The van der Waals surface area contributed by atoms with Gasteiger partial charge in [-0.15, -0.1) is 11.8 Å². The Bertz CT molecular complexity index is 745. The zero-order valence-corrected chi connectivity index (χ0v) is 14.2. The molecule has 0 aliphatic carbocycles. The highest BCUT2D eigenvalue weighted by atomic mass is 32.2. The molecule has 1 atom stereocenters. The monoisotopic (exact) mass is 341 g/mol. The summed E-state index contributed by atoms with van der Waals surface area (Å²) in [5.41, 5.74) is 7.82. The van der Waals surface area contributed by atoms with Crippen molar-refractivity contribution in [1.82, 2.24) is 0 Å². The second-order valence-corrected chi connectivity index (χ2v) is 6.16. The summed E-state index contributed by atoms with van der Waals surface area (Å²) >= 11 is 1.16. The Balaban J connectivity index is 2.36. The number of esters is 1. The molecule has 2 aromatic carbocycles. The third-order valence-electron chi connectivity index (χ3n) is 3.55. The van der Waals surface area contributed by atoms with E-state index in [9.17, 15) is 9.59 Å². The molecule has 0 spiro atoms. The predicted molar refractivity (Wildman–Crippen MR) is 96.9 cm³/mol. The van der Waals surface area contributed by atoms with Crippen LogP contribution >= 0.6 is 11.8 Å². The normalized spacial score (nSPS) is 12.9. The van der Waals surface area contributed by atoms with Crippen molar-refractivity contribution in [3.63, 3.8) is 0 Å². The van der Waals surface area contributed by atoms with Gasteiger partial charge in [0.1, 0.15) is 6.61 Å². The molecule has 2 rings (SSSR count). The summed E-state index contributed by atoms with van der Waals surface area (Å²) in [5, 5.41) is 0. The molecule has 0 saturated heterocycles. The standard InChI is InChI=1S/C19H19NO3S/c1-3-12-23-18(22)19(20,24-2)16-11-7-10-15(13-16)17(21)14-8-5-4-6-9-14/h3-11,13H,1,12,20H2,2H3. The number of thioether (sulfide) groups is 1. The summed E-state index contributed by atoms with van der Waals surface area (Å²) in [7, 11) is 0. The van der Waals surface area contributed by atoms with Gasteiger partial charge in [0.05, 0.1) is 0 Å². The zero-order chi connectivity index (χ0) is 17.6. The number of rotatable bonds is 7. The molecular weight excluding hydrogens is 322 g/mol. The molecule has 24 heavy (non-hydrogen) atoms. The highest BCUT2D eigenvalue weighted by Crippen LogP contribution is 2.31. The van der Waals surface area contributed by atoms with Crippen molar-refractivity contribution in [2.24, 2.45) is 5.73 Å². The van der Waals surface area contributed by atoms with Gasteiger partial charge in [-0.25, -0.2) is 4.79 Å². The van der Waals surface area contributed by atoms with Gasteiger partial charge in [-0.2, -0.15) is 0 Å². The van der Waals surface area contributed by atoms with Crippen LogP contribution in [-0.4, -0.2) is 24.6 Å². The van der Waals surface area contributed by atoms with E-state index >= 15 is 0 Å². The fourth-order valence-electron chi connectivity index (χ4n) is 2.21. The maximum Gasteiger partial charge on any atom is 0.341 e. The lowest BCUT2D eigenvalue weighted by Crippen LogP contribution is -2.43. The molecule has 124 valence electrons. The number of ether oxygens (including phenoxy) is 1. The summed E-state index contributed by atoms with van der Waals surface area (Å²) in [6.07, 6.45) is 3.20. The maximum atomic E-state index is 12.6. The fourth-order valence-corrected chi connectivity index (χ4v) is 2.80. The highest BCUT2D eigenvalue weighted by molar-refractivity contribution is 8.00. The van der Waals surface area contributed by atoms with E-state index in [1.54, 1.807) is 54.8 Å². The average Bonchev–Trinajstić information content (AvgIpc) is 2.65. The van der Waals surface area contributed by atoms with Crippen LogP contribution in [-0.2, 0) is 14.4 Å². The predicted octanol–water partition coefficient (Wildman–Crippen LogP) is 3.12. The molecule has 0 aliphatic rings. The largest absolute Gasteiger partial charge is 0.459 e. The van der Waals surface area contributed by atoms with Crippen LogP contribution < -0.4 is 5.73 Å². The van der Waals surface area contributed by atoms with Crippen molar-refractivity contribution in [2.75, 3.05) is 12.9 Å². The van der Waals surface area contributed by atoms with Crippen LogP contribution in [0.25, 0.3) is 0 Å².